The number of rotatable bonds is 8. The number of aryl methyl sites for hydroxylation is 2. The van der Waals surface area contributed by atoms with Crippen molar-refractivity contribution < 1.29 is 5.11 Å². The molecule has 24 heavy (non-hydrogen) atoms. The molecule has 1 heterocycles. The summed E-state index contributed by atoms with van der Waals surface area (Å²) in [5, 5.41) is 20.7. The molecule has 1 aromatic heterocycles. The summed E-state index contributed by atoms with van der Waals surface area (Å²) < 4.78 is 0. The van der Waals surface area contributed by atoms with Gasteiger partial charge in [0, 0.05) is 23.7 Å². The lowest BCUT2D eigenvalue weighted by atomic mass is 9.99. The summed E-state index contributed by atoms with van der Waals surface area (Å²) in [5.74, 6) is 0. The van der Waals surface area contributed by atoms with Crippen LogP contribution in [0.5, 0.6) is 0 Å². The molecule has 1 atom stereocenters. The van der Waals surface area contributed by atoms with Crippen molar-refractivity contribution in [2.75, 3.05) is 0 Å². The van der Waals surface area contributed by atoms with Crippen LogP contribution in [0, 0.1) is 13.8 Å². The van der Waals surface area contributed by atoms with Gasteiger partial charge in [0.1, 0.15) is 0 Å². The Balaban J connectivity index is 1.92. The number of aliphatic hydroxyl groups is 1. The lowest BCUT2D eigenvalue weighted by molar-refractivity contribution is 0.0675. The Morgan fingerprint density at radius 3 is 2.67 bits per heavy atom. The summed E-state index contributed by atoms with van der Waals surface area (Å²) in [5.41, 5.74) is 5.49. The molecule has 132 valence electrons. The van der Waals surface area contributed by atoms with Crippen molar-refractivity contribution in [3.63, 3.8) is 0 Å². The largest absolute Gasteiger partial charge is 0.390 e. The Hall–Kier alpha value is -1.65. The number of benzene rings is 1. The smallest absolute Gasteiger partial charge is 0.0695 e. The monoisotopic (exact) mass is 329 g/mol. The number of hydrogen-bond donors (Lipinski definition) is 3. The van der Waals surface area contributed by atoms with E-state index in [9.17, 15) is 5.11 Å². The Morgan fingerprint density at radius 1 is 1.25 bits per heavy atom. The van der Waals surface area contributed by atoms with Crippen molar-refractivity contribution >= 4 is 0 Å². The van der Waals surface area contributed by atoms with Gasteiger partial charge in [0.15, 0.2) is 0 Å². The van der Waals surface area contributed by atoms with Crippen LogP contribution in [0.1, 0.15) is 56.7 Å². The van der Waals surface area contributed by atoms with Crippen LogP contribution in [0.25, 0.3) is 11.3 Å². The van der Waals surface area contributed by atoms with Crippen LogP contribution in [0.2, 0.25) is 0 Å². The molecule has 1 aromatic carbocycles. The summed E-state index contributed by atoms with van der Waals surface area (Å²) in [4.78, 5) is 0. The Morgan fingerprint density at radius 2 is 2.00 bits per heavy atom. The zero-order valence-corrected chi connectivity index (χ0v) is 15.6. The van der Waals surface area contributed by atoms with E-state index in [0.717, 1.165) is 31.5 Å². The number of aromatic nitrogens is 2. The molecule has 4 heteroatoms. The van der Waals surface area contributed by atoms with E-state index in [1.54, 1.807) is 0 Å². The number of H-pyrrole nitrogens is 1. The molecule has 0 amide bonds. The standard InChI is InChI=1S/C20H31N3O/c1-14-8-9-17(11-15(14)2)19-18(13-22-23-19)12-21-16(3)7-6-10-20(4,5)24/h8-9,11,13,16,21,24H,6-7,10,12H2,1-5H3,(H,22,23). The highest BCUT2D eigenvalue weighted by molar-refractivity contribution is 5.64. The second-order valence-electron chi connectivity index (χ2n) is 7.56. The SMILES string of the molecule is Cc1ccc(-c2[nH]ncc2CNC(C)CCCC(C)(C)O)cc1C. The summed E-state index contributed by atoms with van der Waals surface area (Å²) in [6, 6.07) is 6.92. The molecule has 4 nitrogen and oxygen atoms in total. The Bertz CT molecular complexity index is 655. The number of hydrogen-bond acceptors (Lipinski definition) is 3. The molecule has 0 spiro atoms. The van der Waals surface area contributed by atoms with Gasteiger partial charge in [0.25, 0.3) is 0 Å². The first-order valence-corrected chi connectivity index (χ1v) is 8.82. The molecule has 0 aliphatic carbocycles. The molecule has 0 aliphatic rings. The van der Waals surface area contributed by atoms with Gasteiger partial charge in [-0.25, -0.2) is 0 Å². The highest BCUT2D eigenvalue weighted by atomic mass is 16.3. The second-order valence-corrected chi connectivity index (χ2v) is 7.56. The van der Waals surface area contributed by atoms with Crippen molar-refractivity contribution in [2.45, 2.75) is 72.1 Å². The first-order valence-electron chi connectivity index (χ1n) is 8.82. The lowest BCUT2D eigenvalue weighted by Crippen LogP contribution is -2.26. The van der Waals surface area contributed by atoms with Crippen molar-refractivity contribution in [3.05, 3.63) is 41.1 Å². The fraction of sp³-hybridized carbons (Fsp3) is 0.550. The highest BCUT2D eigenvalue weighted by Crippen LogP contribution is 2.23. The molecule has 0 saturated carbocycles. The third-order valence-corrected chi connectivity index (χ3v) is 4.58. The average molecular weight is 329 g/mol. The third kappa shape index (κ3) is 5.46. The van der Waals surface area contributed by atoms with E-state index in [-0.39, 0.29) is 0 Å². The van der Waals surface area contributed by atoms with Gasteiger partial charge in [0.05, 0.1) is 17.5 Å². The van der Waals surface area contributed by atoms with Crippen molar-refractivity contribution in [1.29, 1.82) is 0 Å². The lowest BCUT2D eigenvalue weighted by Gasteiger charge is -2.19. The molecule has 0 fully saturated rings. The fourth-order valence-corrected chi connectivity index (χ4v) is 2.82. The van der Waals surface area contributed by atoms with Gasteiger partial charge in [-0.2, -0.15) is 5.10 Å². The molecule has 0 saturated heterocycles. The second kappa shape index (κ2) is 7.95. The summed E-state index contributed by atoms with van der Waals surface area (Å²) >= 11 is 0. The highest BCUT2D eigenvalue weighted by Gasteiger charge is 2.13. The normalized spacial score (nSPS) is 13.2. The van der Waals surface area contributed by atoms with E-state index in [2.05, 4.69) is 54.5 Å². The minimum Gasteiger partial charge on any atom is -0.390 e. The number of aromatic amines is 1. The molecule has 2 rings (SSSR count). The van der Waals surface area contributed by atoms with Gasteiger partial charge in [-0.05, 0) is 71.1 Å². The van der Waals surface area contributed by atoms with Gasteiger partial charge < -0.3 is 10.4 Å². The number of nitrogens with zero attached hydrogens (tertiary/aromatic N) is 1. The first kappa shape index (κ1) is 18.7. The maximum Gasteiger partial charge on any atom is 0.0695 e. The quantitative estimate of drug-likeness (QED) is 0.683. The van der Waals surface area contributed by atoms with E-state index in [4.69, 9.17) is 0 Å². The van der Waals surface area contributed by atoms with Crippen LogP contribution in [0.4, 0.5) is 0 Å². The number of nitrogens with one attached hydrogen (secondary N) is 2. The molecule has 0 radical (unpaired) electrons. The maximum absolute atomic E-state index is 9.78. The van der Waals surface area contributed by atoms with Gasteiger partial charge in [-0.15, -0.1) is 0 Å². The van der Waals surface area contributed by atoms with Gasteiger partial charge in [-0.3, -0.25) is 5.10 Å². The maximum atomic E-state index is 9.78. The van der Waals surface area contributed by atoms with Crippen molar-refractivity contribution in [3.8, 4) is 11.3 Å². The van der Waals surface area contributed by atoms with E-state index in [1.807, 2.05) is 20.0 Å². The molecular weight excluding hydrogens is 298 g/mol. The average Bonchev–Trinajstić information content (AvgIpc) is 2.95. The first-order chi connectivity index (χ1) is 11.3. The zero-order valence-electron chi connectivity index (χ0n) is 15.6. The Labute approximate surface area is 145 Å². The molecule has 0 bridgehead atoms. The molecule has 3 N–H and O–H groups in total. The van der Waals surface area contributed by atoms with Gasteiger partial charge in [0.2, 0.25) is 0 Å². The summed E-state index contributed by atoms with van der Waals surface area (Å²) in [7, 11) is 0. The predicted octanol–water partition coefficient (Wildman–Crippen LogP) is 4.11. The zero-order chi connectivity index (χ0) is 17.7. The van der Waals surface area contributed by atoms with Crippen LogP contribution in [-0.4, -0.2) is 26.9 Å². The van der Waals surface area contributed by atoms with Crippen LogP contribution < -0.4 is 5.32 Å². The van der Waals surface area contributed by atoms with E-state index in [0.29, 0.717) is 6.04 Å². The third-order valence-electron chi connectivity index (χ3n) is 4.58. The van der Waals surface area contributed by atoms with Gasteiger partial charge in [-0.1, -0.05) is 12.1 Å². The van der Waals surface area contributed by atoms with E-state index in [1.165, 1.54) is 22.3 Å². The van der Waals surface area contributed by atoms with E-state index < -0.39 is 5.60 Å². The van der Waals surface area contributed by atoms with Crippen LogP contribution in [0.3, 0.4) is 0 Å². The van der Waals surface area contributed by atoms with Crippen LogP contribution in [-0.2, 0) is 6.54 Å². The minimum absolute atomic E-state index is 0.412. The molecule has 0 aliphatic heterocycles. The molecular formula is C20H31N3O. The minimum atomic E-state index is -0.569. The summed E-state index contributed by atoms with van der Waals surface area (Å²) in [6.45, 7) is 11.0. The fourth-order valence-electron chi connectivity index (χ4n) is 2.82. The van der Waals surface area contributed by atoms with Crippen LogP contribution in [0.15, 0.2) is 24.4 Å². The van der Waals surface area contributed by atoms with E-state index >= 15 is 0 Å². The molecule has 1 unspecified atom stereocenters. The molecule has 2 aromatic rings. The Kier molecular flexibility index (Phi) is 6.19. The van der Waals surface area contributed by atoms with Gasteiger partial charge >= 0.3 is 0 Å². The predicted molar refractivity (Wildman–Crippen MR) is 99.9 cm³/mol. The van der Waals surface area contributed by atoms with Crippen molar-refractivity contribution in [2.24, 2.45) is 0 Å². The van der Waals surface area contributed by atoms with Crippen molar-refractivity contribution in [1.82, 2.24) is 15.5 Å². The summed E-state index contributed by atoms with van der Waals surface area (Å²) in [6.07, 6.45) is 4.81. The topological polar surface area (TPSA) is 60.9 Å². The van der Waals surface area contributed by atoms with Crippen LogP contribution >= 0.6 is 0 Å².